The van der Waals surface area contributed by atoms with E-state index in [9.17, 15) is 35.7 Å². The molecule has 0 amide bonds. The first kappa shape index (κ1) is 25.7. The van der Waals surface area contributed by atoms with Crippen molar-refractivity contribution in [2.45, 2.75) is 108 Å². The lowest BCUT2D eigenvalue weighted by Gasteiger charge is -2.23. The number of rotatable bonds is 15. The van der Waals surface area contributed by atoms with E-state index in [1.165, 1.54) is 0 Å². The average Bonchev–Trinajstić information content (AvgIpc) is 2.41. The third kappa shape index (κ3) is 14.8. The Morgan fingerprint density at radius 3 is 1.31 bits per heavy atom. The Kier molecular flexibility index (Phi) is 13.6. The van der Waals surface area contributed by atoms with Crippen molar-refractivity contribution in [2.24, 2.45) is 0 Å². The molecule has 0 radical (unpaired) electrons. The lowest BCUT2D eigenvalue weighted by atomic mass is 9.99. The minimum atomic E-state index is -0.877. The molecule has 0 bridgehead atoms. The highest BCUT2D eigenvalue weighted by atomic mass is 16.5. The van der Waals surface area contributed by atoms with Gasteiger partial charge in [-0.15, -0.1) is 0 Å². The van der Waals surface area contributed by atoms with Gasteiger partial charge >= 0.3 is 0 Å². The van der Waals surface area contributed by atoms with Crippen LogP contribution in [0.3, 0.4) is 0 Å². The zero-order chi connectivity index (χ0) is 20.3. The van der Waals surface area contributed by atoms with Crippen molar-refractivity contribution in [3.63, 3.8) is 0 Å². The predicted octanol–water partition coefficient (Wildman–Crippen LogP) is -1.19. The maximum absolute atomic E-state index is 10.1. The lowest BCUT2D eigenvalue weighted by Crippen LogP contribution is -2.34. The van der Waals surface area contributed by atoms with Crippen LogP contribution in [0.5, 0.6) is 0 Å². The summed E-state index contributed by atoms with van der Waals surface area (Å²) < 4.78 is 4.33. The summed E-state index contributed by atoms with van der Waals surface area (Å²) in [6.07, 6.45) is -4.61. The number of ether oxygens (including phenoxy) is 1. The fourth-order valence-corrected chi connectivity index (χ4v) is 3.00. The molecule has 8 N–H and O–H groups in total. The molecule has 158 valence electrons. The molecule has 0 saturated heterocycles. The third-order valence-corrected chi connectivity index (χ3v) is 4.05. The first-order chi connectivity index (χ1) is 12.0. The molecule has 0 spiro atoms. The van der Waals surface area contributed by atoms with Gasteiger partial charge in [0.15, 0.2) is 12.7 Å². The van der Waals surface area contributed by atoms with Gasteiger partial charge in [0.05, 0.1) is 36.6 Å². The van der Waals surface area contributed by atoms with Crippen LogP contribution in [0.2, 0.25) is 0 Å². The van der Waals surface area contributed by atoms with Gasteiger partial charge in [-0.2, -0.15) is 0 Å². The molecule has 0 heterocycles. The molecule has 0 rings (SSSR count). The van der Waals surface area contributed by atoms with E-state index in [0.29, 0.717) is 6.42 Å². The molecule has 0 fully saturated rings. The molecule has 0 aliphatic carbocycles. The van der Waals surface area contributed by atoms with Gasteiger partial charge in [0, 0.05) is 19.3 Å². The van der Waals surface area contributed by atoms with Crippen molar-refractivity contribution in [3.05, 3.63) is 0 Å². The van der Waals surface area contributed by atoms with E-state index in [2.05, 4.69) is 4.74 Å². The summed E-state index contributed by atoms with van der Waals surface area (Å²) in [5.74, 6) is 0. The van der Waals surface area contributed by atoms with Crippen LogP contribution in [0.25, 0.3) is 0 Å². The van der Waals surface area contributed by atoms with E-state index < -0.39 is 48.8 Å². The maximum Gasteiger partial charge on any atom is 0.171 e. The molecule has 0 aromatic carbocycles. The minimum Gasteiger partial charge on any atom is -0.429 e. The van der Waals surface area contributed by atoms with Gasteiger partial charge in [-0.3, -0.25) is 0 Å². The van der Waals surface area contributed by atoms with Gasteiger partial charge in [0.1, 0.15) is 6.10 Å². The van der Waals surface area contributed by atoms with Gasteiger partial charge in [-0.25, -0.2) is 0 Å². The van der Waals surface area contributed by atoms with Crippen LogP contribution in [0.15, 0.2) is 0 Å². The van der Waals surface area contributed by atoms with Crippen molar-refractivity contribution >= 4 is 0 Å². The molecule has 8 nitrogen and oxygen atoms in total. The second-order valence-corrected chi connectivity index (χ2v) is 7.60. The highest BCUT2D eigenvalue weighted by Crippen LogP contribution is 2.15. The Morgan fingerprint density at radius 2 is 0.885 bits per heavy atom. The molecule has 0 saturated carbocycles. The smallest absolute Gasteiger partial charge is 0.171 e. The van der Waals surface area contributed by atoms with Gasteiger partial charge < -0.3 is 40.5 Å². The van der Waals surface area contributed by atoms with Crippen LogP contribution < -0.4 is 0 Å². The number of aliphatic hydroxyl groups excluding tert-OH is 7. The maximum atomic E-state index is 10.1. The van der Waals surface area contributed by atoms with Crippen LogP contribution >= 0.6 is 0 Å². The van der Waals surface area contributed by atoms with Gasteiger partial charge in [0.2, 0.25) is 0 Å². The zero-order valence-corrected chi connectivity index (χ0v) is 16.1. The minimum absolute atomic E-state index is 0.0528. The van der Waals surface area contributed by atoms with E-state index in [-0.39, 0.29) is 38.7 Å². The van der Waals surface area contributed by atoms with Crippen molar-refractivity contribution in [2.75, 3.05) is 6.61 Å². The molecule has 0 aliphatic heterocycles. The first-order valence-corrected chi connectivity index (χ1v) is 9.42. The second-order valence-electron chi connectivity index (χ2n) is 7.60. The normalized spacial score (nSPS) is 21.5. The van der Waals surface area contributed by atoms with E-state index in [4.69, 9.17) is 0 Å². The molecular formula is C18H39O8+. The summed E-state index contributed by atoms with van der Waals surface area (Å²) in [6, 6.07) is 0. The number of hydrogen-bond donors (Lipinski definition) is 7. The highest BCUT2D eigenvalue weighted by molar-refractivity contribution is 4.73. The van der Waals surface area contributed by atoms with Crippen molar-refractivity contribution in [1.29, 1.82) is 0 Å². The van der Waals surface area contributed by atoms with Crippen molar-refractivity contribution in [3.8, 4) is 0 Å². The fraction of sp³-hybridized carbons (Fsp3) is 1.00. The van der Waals surface area contributed by atoms with E-state index in [0.717, 1.165) is 0 Å². The summed E-state index contributed by atoms with van der Waals surface area (Å²) in [7, 11) is 0. The summed E-state index contributed by atoms with van der Waals surface area (Å²) >= 11 is 0. The largest absolute Gasteiger partial charge is 0.429 e. The van der Waals surface area contributed by atoms with Crippen molar-refractivity contribution < 1.29 is 40.5 Å². The Hall–Kier alpha value is -0.320. The van der Waals surface area contributed by atoms with Crippen LogP contribution in [0.1, 0.15) is 59.3 Å². The average molecular weight is 384 g/mol. The Balaban J connectivity index is 4.38. The second kappa shape index (κ2) is 13.8. The Labute approximate surface area is 156 Å². The molecule has 26 heavy (non-hydrogen) atoms. The van der Waals surface area contributed by atoms with Gasteiger partial charge in [-0.05, 0) is 40.0 Å². The Bertz CT molecular complexity index is 337. The fourth-order valence-electron chi connectivity index (χ4n) is 3.00. The quantitative estimate of drug-likeness (QED) is 0.175. The molecule has 0 aliphatic rings. The van der Waals surface area contributed by atoms with Crippen LogP contribution in [0, 0.1) is 0 Å². The molecular weight excluding hydrogens is 344 g/mol. The van der Waals surface area contributed by atoms with Gasteiger partial charge in [-0.1, -0.05) is 0 Å². The number of hydrogen-bond acceptors (Lipinski definition) is 7. The number of aliphatic hydroxyl groups is 9. The summed E-state index contributed by atoms with van der Waals surface area (Å²) in [5, 5.41) is 67.7. The SMILES string of the molecule is CC(O)CC(O)CC(O)C[OH+]C(CC(C)O)CC(O)CC(O)CC(C)O. The monoisotopic (exact) mass is 383 g/mol. The zero-order valence-electron chi connectivity index (χ0n) is 16.1. The third-order valence-electron chi connectivity index (χ3n) is 4.05. The van der Waals surface area contributed by atoms with Crippen molar-refractivity contribution in [1.82, 2.24) is 0 Å². The first-order valence-electron chi connectivity index (χ1n) is 9.42. The highest BCUT2D eigenvalue weighted by Gasteiger charge is 2.25. The molecule has 0 aromatic heterocycles. The molecule has 8 unspecified atom stereocenters. The molecule has 0 aromatic rings. The van der Waals surface area contributed by atoms with Crippen LogP contribution in [0.4, 0.5) is 0 Å². The summed E-state index contributed by atoms with van der Waals surface area (Å²) in [6.45, 7) is 4.79. The predicted molar refractivity (Wildman–Crippen MR) is 97.6 cm³/mol. The summed E-state index contributed by atoms with van der Waals surface area (Å²) in [4.78, 5) is 0. The summed E-state index contributed by atoms with van der Waals surface area (Å²) in [5.41, 5.74) is 0. The molecule has 8 heteroatoms. The van der Waals surface area contributed by atoms with Crippen LogP contribution in [-0.4, -0.2) is 95.9 Å². The molecule has 8 atom stereocenters. The Morgan fingerprint density at radius 1 is 0.500 bits per heavy atom. The van der Waals surface area contributed by atoms with E-state index >= 15 is 0 Å². The lowest BCUT2D eigenvalue weighted by molar-refractivity contribution is -0.164. The standard InChI is InChI=1S/C18H38O8/c1-11(19)4-14(22)7-16(24)9-18(6-13(3)21)26-10-17(25)8-15(23)5-12(2)20/h11-25H,4-10H2,1-3H3/p+1. The van der Waals surface area contributed by atoms with E-state index in [1.807, 2.05) is 0 Å². The topological polar surface area (TPSA) is 154 Å². The van der Waals surface area contributed by atoms with Gasteiger partial charge in [0.25, 0.3) is 0 Å². The van der Waals surface area contributed by atoms with Crippen LogP contribution in [-0.2, 0) is 0 Å². The van der Waals surface area contributed by atoms with E-state index in [1.54, 1.807) is 20.8 Å².